The molecule has 1 saturated carbocycles. The molecule has 0 spiro atoms. The fourth-order valence-corrected chi connectivity index (χ4v) is 2.84. The van der Waals surface area contributed by atoms with E-state index in [1.54, 1.807) is 0 Å². The van der Waals surface area contributed by atoms with Crippen molar-refractivity contribution < 1.29 is 4.39 Å². The molecule has 0 amide bonds. The highest BCUT2D eigenvalue weighted by atomic mass is 19.1. The first-order valence-electron chi connectivity index (χ1n) is 6.09. The molecule has 1 aromatic carbocycles. The summed E-state index contributed by atoms with van der Waals surface area (Å²) in [6, 6.07) is 7.74. The van der Waals surface area contributed by atoms with Crippen molar-refractivity contribution in [2.75, 3.05) is 6.54 Å². The van der Waals surface area contributed by atoms with Crippen LogP contribution in [0.15, 0.2) is 24.3 Å². The molecule has 0 saturated heterocycles. The molecule has 0 heterocycles. The maximum atomic E-state index is 14.7. The van der Waals surface area contributed by atoms with Crippen LogP contribution in [0.25, 0.3) is 0 Å². The number of benzene rings is 1. The van der Waals surface area contributed by atoms with Crippen LogP contribution in [0.4, 0.5) is 4.39 Å². The molecule has 1 fully saturated rings. The van der Waals surface area contributed by atoms with Gasteiger partial charge in [-0.15, -0.1) is 0 Å². The predicted octanol–water partition coefficient (Wildman–Crippen LogP) is 3.52. The summed E-state index contributed by atoms with van der Waals surface area (Å²) in [4.78, 5) is 0. The standard InChI is InChI=1S/C14H20FN/c1-11-6-2-3-7-12(11)13(15)14(10-16)8-4-5-9-14/h2-3,6-7,13H,4-5,8-10,16H2,1H3. The van der Waals surface area contributed by atoms with Crippen LogP contribution in [-0.4, -0.2) is 6.54 Å². The van der Waals surface area contributed by atoms with Crippen molar-refractivity contribution in [2.24, 2.45) is 11.1 Å². The van der Waals surface area contributed by atoms with Gasteiger partial charge in [0.2, 0.25) is 0 Å². The molecule has 88 valence electrons. The SMILES string of the molecule is Cc1ccccc1C(F)C1(CN)CCCC1. The number of nitrogens with two attached hydrogens (primary N) is 1. The number of hydrogen-bond acceptors (Lipinski definition) is 1. The van der Waals surface area contributed by atoms with E-state index in [-0.39, 0.29) is 5.41 Å². The number of rotatable bonds is 3. The van der Waals surface area contributed by atoms with Gasteiger partial charge in [-0.2, -0.15) is 0 Å². The van der Waals surface area contributed by atoms with E-state index >= 15 is 0 Å². The molecular formula is C14H20FN. The van der Waals surface area contributed by atoms with E-state index in [9.17, 15) is 4.39 Å². The molecule has 0 radical (unpaired) electrons. The van der Waals surface area contributed by atoms with Gasteiger partial charge in [0, 0.05) is 12.0 Å². The van der Waals surface area contributed by atoms with E-state index in [1.165, 1.54) is 0 Å². The van der Waals surface area contributed by atoms with Crippen molar-refractivity contribution in [1.29, 1.82) is 0 Å². The molecule has 1 aromatic rings. The number of aryl methyl sites for hydroxylation is 1. The third kappa shape index (κ3) is 1.86. The highest BCUT2D eigenvalue weighted by Gasteiger charge is 2.41. The largest absolute Gasteiger partial charge is 0.330 e. The minimum Gasteiger partial charge on any atom is -0.330 e. The van der Waals surface area contributed by atoms with Gasteiger partial charge in [-0.25, -0.2) is 4.39 Å². The van der Waals surface area contributed by atoms with Gasteiger partial charge in [-0.05, 0) is 30.9 Å². The Morgan fingerprint density at radius 3 is 2.50 bits per heavy atom. The molecule has 0 aliphatic heterocycles. The molecule has 1 unspecified atom stereocenters. The smallest absolute Gasteiger partial charge is 0.132 e. The monoisotopic (exact) mass is 221 g/mol. The summed E-state index contributed by atoms with van der Waals surface area (Å²) in [6.07, 6.45) is 3.19. The third-order valence-corrected chi connectivity index (χ3v) is 4.01. The lowest BCUT2D eigenvalue weighted by Crippen LogP contribution is -2.32. The lowest BCUT2D eigenvalue weighted by Gasteiger charge is -2.32. The van der Waals surface area contributed by atoms with E-state index in [4.69, 9.17) is 5.73 Å². The Labute approximate surface area is 96.9 Å². The fourth-order valence-electron chi connectivity index (χ4n) is 2.84. The Bertz CT molecular complexity index is 356. The van der Waals surface area contributed by atoms with Crippen molar-refractivity contribution in [3.63, 3.8) is 0 Å². The Morgan fingerprint density at radius 1 is 1.31 bits per heavy atom. The molecule has 0 bridgehead atoms. The van der Waals surface area contributed by atoms with Crippen molar-refractivity contribution in [3.8, 4) is 0 Å². The summed E-state index contributed by atoms with van der Waals surface area (Å²) in [5.74, 6) is 0. The number of alkyl halides is 1. The third-order valence-electron chi connectivity index (χ3n) is 4.01. The summed E-state index contributed by atoms with van der Waals surface area (Å²) >= 11 is 0. The highest BCUT2D eigenvalue weighted by Crippen LogP contribution is 2.49. The van der Waals surface area contributed by atoms with Gasteiger partial charge >= 0.3 is 0 Å². The topological polar surface area (TPSA) is 26.0 Å². The second kappa shape index (κ2) is 4.54. The van der Waals surface area contributed by atoms with Crippen LogP contribution < -0.4 is 5.73 Å². The van der Waals surface area contributed by atoms with Gasteiger partial charge in [-0.3, -0.25) is 0 Å². The highest BCUT2D eigenvalue weighted by molar-refractivity contribution is 5.29. The lowest BCUT2D eigenvalue weighted by atomic mass is 9.77. The summed E-state index contributed by atoms with van der Waals surface area (Å²) in [5, 5.41) is 0. The van der Waals surface area contributed by atoms with Crippen LogP contribution in [-0.2, 0) is 0 Å². The second-order valence-corrected chi connectivity index (χ2v) is 4.99. The zero-order valence-electron chi connectivity index (χ0n) is 9.88. The minimum absolute atomic E-state index is 0.299. The van der Waals surface area contributed by atoms with E-state index in [0.29, 0.717) is 6.54 Å². The van der Waals surface area contributed by atoms with Gasteiger partial charge in [0.15, 0.2) is 0 Å². The Balaban J connectivity index is 2.30. The summed E-state index contributed by atoms with van der Waals surface area (Å²) in [6.45, 7) is 2.43. The van der Waals surface area contributed by atoms with Crippen LogP contribution >= 0.6 is 0 Å². The van der Waals surface area contributed by atoms with Crippen LogP contribution in [0.2, 0.25) is 0 Å². The number of hydrogen-bond donors (Lipinski definition) is 1. The quantitative estimate of drug-likeness (QED) is 0.830. The molecule has 16 heavy (non-hydrogen) atoms. The van der Waals surface area contributed by atoms with E-state index in [1.807, 2.05) is 31.2 Å². The van der Waals surface area contributed by atoms with Gasteiger partial charge in [0.05, 0.1) is 0 Å². The summed E-state index contributed by atoms with van der Waals surface area (Å²) in [7, 11) is 0. The van der Waals surface area contributed by atoms with Crippen molar-refractivity contribution in [2.45, 2.75) is 38.8 Å². The second-order valence-electron chi connectivity index (χ2n) is 4.99. The van der Waals surface area contributed by atoms with Gasteiger partial charge < -0.3 is 5.73 Å². The van der Waals surface area contributed by atoms with E-state index < -0.39 is 6.17 Å². The van der Waals surface area contributed by atoms with Crippen molar-refractivity contribution in [1.82, 2.24) is 0 Å². The van der Waals surface area contributed by atoms with Crippen LogP contribution in [0.5, 0.6) is 0 Å². The first kappa shape index (κ1) is 11.6. The molecule has 1 atom stereocenters. The van der Waals surface area contributed by atoms with E-state index in [2.05, 4.69) is 0 Å². The predicted molar refractivity (Wildman–Crippen MR) is 65.0 cm³/mol. The Kier molecular flexibility index (Phi) is 3.29. The summed E-state index contributed by atoms with van der Waals surface area (Å²) < 4.78 is 14.7. The van der Waals surface area contributed by atoms with Crippen LogP contribution in [0, 0.1) is 12.3 Å². The number of halogens is 1. The van der Waals surface area contributed by atoms with Crippen LogP contribution in [0.1, 0.15) is 43.0 Å². The lowest BCUT2D eigenvalue weighted by molar-refractivity contribution is 0.118. The van der Waals surface area contributed by atoms with Gasteiger partial charge in [0.1, 0.15) is 6.17 Å². The Morgan fingerprint density at radius 2 is 1.94 bits per heavy atom. The van der Waals surface area contributed by atoms with Gasteiger partial charge in [0.25, 0.3) is 0 Å². The average Bonchev–Trinajstić information content (AvgIpc) is 2.78. The molecule has 1 aliphatic carbocycles. The molecule has 0 aromatic heterocycles. The molecule has 1 aliphatic rings. The molecular weight excluding hydrogens is 201 g/mol. The van der Waals surface area contributed by atoms with Gasteiger partial charge in [-0.1, -0.05) is 37.1 Å². The van der Waals surface area contributed by atoms with E-state index in [0.717, 1.165) is 36.8 Å². The first-order chi connectivity index (χ1) is 7.69. The minimum atomic E-state index is -0.902. The Hall–Kier alpha value is -0.890. The summed E-state index contributed by atoms with van der Waals surface area (Å²) in [5.41, 5.74) is 7.38. The van der Waals surface area contributed by atoms with Crippen LogP contribution in [0.3, 0.4) is 0 Å². The molecule has 2 rings (SSSR count). The zero-order chi connectivity index (χ0) is 11.6. The molecule has 2 heteroatoms. The molecule has 2 N–H and O–H groups in total. The average molecular weight is 221 g/mol. The normalized spacial score (nSPS) is 20.9. The maximum Gasteiger partial charge on any atom is 0.132 e. The van der Waals surface area contributed by atoms with Crippen molar-refractivity contribution >= 4 is 0 Å². The van der Waals surface area contributed by atoms with Crippen molar-refractivity contribution in [3.05, 3.63) is 35.4 Å². The molecule has 1 nitrogen and oxygen atoms in total. The zero-order valence-corrected chi connectivity index (χ0v) is 9.88. The maximum absolute atomic E-state index is 14.7. The first-order valence-corrected chi connectivity index (χ1v) is 6.09. The fraction of sp³-hybridized carbons (Fsp3) is 0.571.